The quantitative estimate of drug-likeness (QED) is 0.523. The lowest BCUT2D eigenvalue weighted by atomic mass is 10.3. The summed E-state index contributed by atoms with van der Waals surface area (Å²) in [7, 11) is 0. The third-order valence-corrected chi connectivity index (χ3v) is 5.64. The van der Waals surface area contributed by atoms with Gasteiger partial charge in [0.25, 0.3) is 0 Å². The van der Waals surface area contributed by atoms with E-state index in [1.807, 2.05) is 72.8 Å². The normalized spacial score (nSPS) is 16.9. The number of benzene rings is 3. The Hall–Kier alpha value is -3.58. The molecule has 0 unspecified atom stereocenters. The van der Waals surface area contributed by atoms with E-state index in [1.165, 1.54) is 0 Å². The first-order chi connectivity index (χ1) is 15.3. The van der Waals surface area contributed by atoms with Gasteiger partial charge in [0, 0.05) is 19.6 Å². The van der Waals surface area contributed by atoms with E-state index in [2.05, 4.69) is 4.90 Å². The highest BCUT2D eigenvalue weighted by Gasteiger charge is 2.23. The number of nitrogens with zero attached hydrogens (tertiary/aromatic N) is 7. The molecule has 6 rings (SSSR count). The first-order valence-corrected chi connectivity index (χ1v) is 10.5. The maximum Gasteiger partial charge on any atom is 0.153 e. The molecule has 3 aromatic carbocycles. The Bertz CT molecular complexity index is 1220. The molecular formula is C24H21N7. The zero-order valence-corrected chi connectivity index (χ0v) is 16.9. The lowest BCUT2D eigenvalue weighted by Gasteiger charge is -2.25. The summed E-state index contributed by atoms with van der Waals surface area (Å²) in [5.74, 6) is 0. The molecular weight excluding hydrogens is 386 g/mol. The molecule has 31 heavy (non-hydrogen) atoms. The second-order valence-electron chi connectivity index (χ2n) is 7.90. The molecule has 0 radical (unpaired) electrons. The van der Waals surface area contributed by atoms with Crippen molar-refractivity contribution in [3.63, 3.8) is 0 Å². The van der Waals surface area contributed by atoms with E-state index in [1.54, 1.807) is 0 Å². The molecule has 0 aliphatic carbocycles. The summed E-state index contributed by atoms with van der Waals surface area (Å²) >= 11 is 0. The van der Waals surface area contributed by atoms with Gasteiger partial charge in [-0.2, -0.15) is 0 Å². The summed E-state index contributed by atoms with van der Waals surface area (Å²) in [4.78, 5) is 31.0. The van der Waals surface area contributed by atoms with Crippen LogP contribution in [0.3, 0.4) is 0 Å². The Morgan fingerprint density at radius 2 is 0.645 bits per heavy atom. The van der Waals surface area contributed by atoms with Crippen LogP contribution in [0.5, 0.6) is 0 Å². The summed E-state index contributed by atoms with van der Waals surface area (Å²) in [5, 5.41) is 5.74. The van der Waals surface area contributed by atoms with E-state index in [4.69, 9.17) is 30.0 Å². The summed E-state index contributed by atoms with van der Waals surface area (Å²) in [6.45, 7) is 2.05. The molecule has 0 N–H and O–H groups in total. The highest BCUT2D eigenvalue weighted by atomic mass is 15.3. The van der Waals surface area contributed by atoms with E-state index >= 15 is 0 Å². The zero-order valence-electron chi connectivity index (χ0n) is 16.9. The Morgan fingerprint density at radius 1 is 0.419 bits per heavy atom. The first-order valence-electron chi connectivity index (χ1n) is 10.5. The first kappa shape index (κ1) is 18.2. The molecule has 0 atom stereocenters. The standard InChI is InChI=1S/C24H21N7/c1-2-8-17-16(7-1)25-22(26-17)13-31(14-23-27-18-9-3-4-10-19(18)28-23)15-24-29-20-11-5-6-12-21(20)30-24/h1-12,22-24H,13-15H2. The van der Waals surface area contributed by atoms with E-state index < -0.39 is 0 Å². The van der Waals surface area contributed by atoms with Gasteiger partial charge in [0.1, 0.15) is 0 Å². The zero-order chi connectivity index (χ0) is 20.6. The van der Waals surface area contributed by atoms with Crippen LogP contribution in [0.4, 0.5) is 0 Å². The fourth-order valence-electron chi connectivity index (χ4n) is 4.26. The van der Waals surface area contributed by atoms with Gasteiger partial charge >= 0.3 is 0 Å². The minimum absolute atomic E-state index is 0.134. The molecule has 0 fully saturated rings. The van der Waals surface area contributed by atoms with Gasteiger partial charge in [0.2, 0.25) is 0 Å². The molecule has 3 aromatic rings. The third-order valence-electron chi connectivity index (χ3n) is 5.64. The van der Waals surface area contributed by atoms with Crippen LogP contribution in [0.1, 0.15) is 0 Å². The van der Waals surface area contributed by atoms with Crippen molar-refractivity contribution in [3.05, 3.63) is 105 Å². The van der Waals surface area contributed by atoms with E-state index in [0.717, 1.165) is 32.1 Å². The van der Waals surface area contributed by atoms with Crippen LogP contribution in [0, 0.1) is 0 Å². The minimum atomic E-state index is -0.134. The van der Waals surface area contributed by atoms with Gasteiger partial charge in [-0.25, -0.2) is 0 Å². The summed E-state index contributed by atoms with van der Waals surface area (Å²) < 4.78 is 0. The molecule has 152 valence electrons. The van der Waals surface area contributed by atoms with Crippen LogP contribution in [-0.2, 0) is 0 Å². The van der Waals surface area contributed by atoms with Gasteiger partial charge in [0.15, 0.2) is 18.5 Å². The van der Waals surface area contributed by atoms with Crippen molar-refractivity contribution >= 4 is 0 Å². The Morgan fingerprint density at radius 3 is 0.871 bits per heavy atom. The molecule has 0 spiro atoms. The van der Waals surface area contributed by atoms with Gasteiger partial charge < -0.3 is 0 Å². The van der Waals surface area contributed by atoms with Crippen LogP contribution in [0.2, 0.25) is 0 Å². The number of hydrogen-bond acceptors (Lipinski definition) is 7. The summed E-state index contributed by atoms with van der Waals surface area (Å²) in [5.41, 5.74) is 0. The number of fused-ring (bicyclic) bond motifs is 3. The fraction of sp³-hybridized carbons (Fsp3) is 0.250. The lowest BCUT2D eigenvalue weighted by Crippen LogP contribution is -2.39. The monoisotopic (exact) mass is 407 g/mol. The SMILES string of the molecule is c1ccc2c(c1)=NC(CN(CC1N=c3ccccc3=N1)CC1N=c3ccccc3=N1)N=2. The second kappa shape index (κ2) is 7.59. The van der Waals surface area contributed by atoms with Crippen LogP contribution in [-0.4, -0.2) is 43.0 Å². The second-order valence-corrected chi connectivity index (χ2v) is 7.90. The molecule has 7 nitrogen and oxygen atoms in total. The van der Waals surface area contributed by atoms with Gasteiger partial charge in [0.05, 0.1) is 32.1 Å². The van der Waals surface area contributed by atoms with Crippen LogP contribution < -0.4 is 32.1 Å². The van der Waals surface area contributed by atoms with Crippen molar-refractivity contribution in [3.8, 4) is 0 Å². The summed E-state index contributed by atoms with van der Waals surface area (Å²) in [6, 6.07) is 24.1. The van der Waals surface area contributed by atoms with Crippen molar-refractivity contribution in [2.75, 3.05) is 19.6 Å². The van der Waals surface area contributed by atoms with Crippen molar-refractivity contribution in [2.45, 2.75) is 18.5 Å². The molecule has 0 saturated heterocycles. The predicted octanol–water partition coefficient (Wildman–Crippen LogP) is -0.874. The Kier molecular flexibility index (Phi) is 4.46. The maximum atomic E-state index is 4.79. The molecule has 0 bridgehead atoms. The van der Waals surface area contributed by atoms with Gasteiger partial charge in [-0.1, -0.05) is 36.4 Å². The average molecular weight is 407 g/mol. The van der Waals surface area contributed by atoms with Gasteiger partial charge in [-0.3, -0.25) is 34.9 Å². The molecule has 7 heteroatoms. The molecule has 0 saturated carbocycles. The van der Waals surface area contributed by atoms with Crippen LogP contribution in [0.15, 0.2) is 103 Å². The van der Waals surface area contributed by atoms with Crippen LogP contribution >= 0.6 is 0 Å². The number of hydrogen-bond donors (Lipinski definition) is 0. The van der Waals surface area contributed by atoms with E-state index in [-0.39, 0.29) is 18.5 Å². The number of para-hydroxylation sites is 6. The number of rotatable bonds is 6. The van der Waals surface area contributed by atoms with Crippen molar-refractivity contribution in [2.24, 2.45) is 30.0 Å². The van der Waals surface area contributed by atoms with Gasteiger partial charge in [-0.05, 0) is 36.4 Å². The summed E-state index contributed by atoms with van der Waals surface area (Å²) in [6.07, 6.45) is -0.403. The largest absolute Gasteiger partial charge is 0.291 e. The topological polar surface area (TPSA) is 77.4 Å². The van der Waals surface area contributed by atoms with Crippen LogP contribution in [0.25, 0.3) is 0 Å². The highest BCUT2D eigenvalue weighted by molar-refractivity contribution is 5.07. The Balaban J connectivity index is 1.26. The third kappa shape index (κ3) is 3.68. The molecule has 3 aliphatic heterocycles. The molecule has 0 amide bonds. The van der Waals surface area contributed by atoms with Crippen molar-refractivity contribution in [1.29, 1.82) is 0 Å². The highest BCUT2D eigenvalue weighted by Crippen LogP contribution is 2.08. The average Bonchev–Trinajstić information content (AvgIpc) is 3.48. The van der Waals surface area contributed by atoms with Gasteiger partial charge in [-0.15, -0.1) is 0 Å². The molecule has 3 aliphatic rings. The minimum Gasteiger partial charge on any atom is -0.291 e. The van der Waals surface area contributed by atoms with Crippen molar-refractivity contribution < 1.29 is 0 Å². The maximum absolute atomic E-state index is 4.79. The van der Waals surface area contributed by atoms with E-state index in [0.29, 0.717) is 19.6 Å². The van der Waals surface area contributed by atoms with Crippen molar-refractivity contribution in [1.82, 2.24) is 4.90 Å². The lowest BCUT2D eigenvalue weighted by molar-refractivity contribution is 0.233. The smallest absolute Gasteiger partial charge is 0.153 e. The van der Waals surface area contributed by atoms with E-state index in [9.17, 15) is 0 Å². The molecule has 3 heterocycles. The molecule has 0 aromatic heterocycles. The Labute approximate surface area is 178 Å². The fourth-order valence-corrected chi connectivity index (χ4v) is 4.26. The predicted molar refractivity (Wildman–Crippen MR) is 114 cm³/mol.